The zero-order valence-electron chi connectivity index (χ0n) is 13.4. The minimum Gasteiger partial charge on any atom is -0.382 e. The fraction of sp³-hybridized carbons (Fsp3) is 0.882. The van der Waals surface area contributed by atoms with Crippen molar-refractivity contribution in [2.45, 2.75) is 57.8 Å². The van der Waals surface area contributed by atoms with Crippen LogP contribution in [0.25, 0.3) is 0 Å². The van der Waals surface area contributed by atoms with Crippen molar-refractivity contribution in [2.24, 2.45) is 0 Å². The second kappa shape index (κ2) is 18.6. The van der Waals surface area contributed by atoms with Crippen molar-refractivity contribution >= 4 is 0 Å². The maximum absolute atomic E-state index is 5.58. The molecular formula is C17H34O3. The molecule has 0 fully saturated rings. The third-order valence-electron chi connectivity index (χ3n) is 3.21. The van der Waals surface area contributed by atoms with Gasteiger partial charge < -0.3 is 14.2 Å². The van der Waals surface area contributed by atoms with Crippen LogP contribution < -0.4 is 0 Å². The molecule has 0 aromatic heterocycles. The Morgan fingerprint density at radius 3 is 1.85 bits per heavy atom. The first-order valence-corrected chi connectivity index (χ1v) is 8.17. The molecule has 0 rings (SSSR count). The number of methoxy groups -OCH3 is 1. The lowest BCUT2D eigenvalue weighted by molar-refractivity contribution is 0.0508. The van der Waals surface area contributed by atoms with Crippen LogP contribution in [-0.4, -0.2) is 40.1 Å². The Hall–Kier alpha value is -0.380. The summed E-state index contributed by atoms with van der Waals surface area (Å²) in [5, 5.41) is 0. The SMILES string of the molecule is C=CCCCCCCCCCOCCCOCCOC. The van der Waals surface area contributed by atoms with E-state index in [1.165, 1.54) is 51.4 Å². The summed E-state index contributed by atoms with van der Waals surface area (Å²) in [7, 11) is 1.69. The molecule has 0 amide bonds. The van der Waals surface area contributed by atoms with Gasteiger partial charge in [-0.2, -0.15) is 0 Å². The first-order valence-electron chi connectivity index (χ1n) is 8.17. The van der Waals surface area contributed by atoms with Gasteiger partial charge in [0.15, 0.2) is 0 Å². The first-order chi connectivity index (χ1) is 9.91. The highest BCUT2D eigenvalue weighted by molar-refractivity contribution is 4.65. The van der Waals surface area contributed by atoms with Gasteiger partial charge in [0, 0.05) is 26.9 Å². The van der Waals surface area contributed by atoms with Crippen LogP contribution in [0.2, 0.25) is 0 Å². The van der Waals surface area contributed by atoms with Crippen molar-refractivity contribution in [1.29, 1.82) is 0 Å². The maximum atomic E-state index is 5.58. The molecule has 120 valence electrons. The van der Waals surface area contributed by atoms with Gasteiger partial charge in [0.25, 0.3) is 0 Å². The van der Waals surface area contributed by atoms with E-state index < -0.39 is 0 Å². The third-order valence-corrected chi connectivity index (χ3v) is 3.21. The fourth-order valence-electron chi connectivity index (χ4n) is 1.99. The number of hydrogen-bond acceptors (Lipinski definition) is 3. The van der Waals surface area contributed by atoms with Crippen LogP contribution in [0.5, 0.6) is 0 Å². The Labute approximate surface area is 125 Å². The summed E-state index contributed by atoms with van der Waals surface area (Å²) in [6.45, 7) is 7.58. The van der Waals surface area contributed by atoms with Crippen molar-refractivity contribution in [3.63, 3.8) is 0 Å². The topological polar surface area (TPSA) is 27.7 Å². The molecule has 0 radical (unpaired) electrons. The van der Waals surface area contributed by atoms with Crippen LogP contribution in [-0.2, 0) is 14.2 Å². The molecule has 20 heavy (non-hydrogen) atoms. The average molecular weight is 286 g/mol. The monoisotopic (exact) mass is 286 g/mol. The number of allylic oxidation sites excluding steroid dienone is 1. The summed E-state index contributed by atoms with van der Waals surface area (Å²) in [6.07, 6.45) is 13.4. The Bertz CT molecular complexity index is 183. The molecule has 0 atom stereocenters. The molecule has 0 aliphatic rings. The van der Waals surface area contributed by atoms with E-state index in [4.69, 9.17) is 14.2 Å². The van der Waals surface area contributed by atoms with Gasteiger partial charge in [0.05, 0.1) is 13.2 Å². The average Bonchev–Trinajstić information content (AvgIpc) is 2.47. The van der Waals surface area contributed by atoms with Crippen molar-refractivity contribution in [2.75, 3.05) is 40.1 Å². The minimum atomic E-state index is 0.675. The van der Waals surface area contributed by atoms with Gasteiger partial charge in [-0.15, -0.1) is 6.58 Å². The molecule has 0 spiro atoms. The Kier molecular flexibility index (Phi) is 18.3. The van der Waals surface area contributed by atoms with Crippen molar-refractivity contribution < 1.29 is 14.2 Å². The van der Waals surface area contributed by atoms with Gasteiger partial charge in [-0.1, -0.05) is 38.2 Å². The second-order valence-corrected chi connectivity index (χ2v) is 5.12. The lowest BCUT2D eigenvalue weighted by Crippen LogP contribution is -2.06. The van der Waals surface area contributed by atoms with Crippen molar-refractivity contribution in [3.8, 4) is 0 Å². The molecule has 0 bridgehead atoms. The zero-order valence-corrected chi connectivity index (χ0v) is 13.4. The van der Waals surface area contributed by atoms with Crippen LogP contribution in [0.3, 0.4) is 0 Å². The quantitative estimate of drug-likeness (QED) is 0.294. The summed E-state index contributed by atoms with van der Waals surface area (Å²) in [4.78, 5) is 0. The van der Waals surface area contributed by atoms with E-state index in [1.54, 1.807) is 7.11 Å². The predicted octanol–water partition coefficient (Wildman–Crippen LogP) is 4.36. The molecule has 0 aromatic carbocycles. The maximum Gasteiger partial charge on any atom is 0.0700 e. The van der Waals surface area contributed by atoms with Crippen LogP contribution >= 0.6 is 0 Å². The smallest absolute Gasteiger partial charge is 0.0700 e. The molecule has 0 heterocycles. The molecular weight excluding hydrogens is 252 g/mol. The zero-order chi connectivity index (χ0) is 14.7. The molecule has 3 heteroatoms. The molecule has 0 saturated heterocycles. The molecule has 0 N–H and O–H groups in total. The Morgan fingerprint density at radius 2 is 1.20 bits per heavy atom. The Morgan fingerprint density at radius 1 is 0.650 bits per heavy atom. The number of unbranched alkanes of at least 4 members (excludes halogenated alkanes) is 7. The fourth-order valence-corrected chi connectivity index (χ4v) is 1.99. The predicted molar refractivity (Wildman–Crippen MR) is 85.3 cm³/mol. The molecule has 0 unspecified atom stereocenters. The van der Waals surface area contributed by atoms with Gasteiger partial charge >= 0.3 is 0 Å². The largest absolute Gasteiger partial charge is 0.382 e. The second-order valence-electron chi connectivity index (χ2n) is 5.12. The molecule has 0 saturated carbocycles. The van der Waals surface area contributed by atoms with Crippen LogP contribution in [0.1, 0.15) is 57.8 Å². The van der Waals surface area contributed by atoms with E-state index >= 15 is 0 Å². The van der Waals surface area contributed by atoms with Gasteiger partial charge in [-0.25, -0.2) is 0 Å². The summed E-state index contributed by atoms with van der Waals surface area (Å²) in [5.41, 5.74) is 0. The molecule has 0 aromatic rings. The minimum absolute atomic E-state index is 0.675. The van der Waals surface area contributed by atoms with E-state index in [0.717, 1.165) is 26.2 Å². The standard InChI is InChI=1S/C17H34O3/c1-3-4-5-6-7-8-9-10-11-13-19-14-12-15-20-17-16-18-2/h3H,1,4-17H2,2H3. The van der Waals surface area contributed by atoms with E-state index in [2.05, 4.69) is 6.58 Å². The lowest BCUT2D eigenvalue weighted by atomic mass is 10.1. The Balaban J connectivity index is 2.90. The van der Waals surface area contributed by atoms with E-state index in [-0.39, 0.29) is 0 Å². The van der Waals surface area contributed by atoms with Gasteiger partial charge in [-0.05, 0) is 25.7 Å². The van der Waals surface area contributed by atoms with E-state index in [0.29, 0.717) is 13.2 Å². The highest BCUT2D eigenvalue weighted by Crippen LogP contribution is 2.08. The van der Waals surface area contributed by atoms with E-state index in [1.807, 2.05) is 6.08 Å². The molecule has 0 aliphatic heterocycles. The number of ether oxygens (including phenoxy) is 3. The first kappa shape index (κ1) is 19.6. The van der Waals surface area contributed by atoms with Gasteiger partial charge in [-0.3, -0.25) is 0 Å². The number of rotatable bonds is 17. The van der Waals surface area contributed by atoms with Crippen molar-refractivity contribution in [3.05, 3.63) is 12.7 Å². The third kappa shape index (κ3) is 17.6. The van der Waals surface area contributed by atoms with Crippen LogP contribution in [0.4, 0.5) is 0 Å². The van der Waals surface area contributed by atoms with E-state index in [9.17, 15) is 0 Å². The highest BCUT2D eigenvalue weighted by atomic mass is 16.5. The summed E-state index contributed by atoms with van der Waals surface area (Å²) in [5.74, 6) is 0. The molecule has 3 nitrogen and oxygen atoms in total. The number of hydrogen-bond donors (Lipinski definition) is 0. The van der Waals surface area contributed by atoms with Crippen LogP contribution in [0.15, 0.2) is 12.7 Å². The summed E-state index contributed by atoms with van der Waals surface area (Å²) in [6, 6.07) is 0. The van der Waals surface area contributed by atoms with Gasteiger partial charge in [0.2, 0.25) is 0 Å². The summed E-state index contributed by atoms with van der Waals surface area (Å²) < 4.78 is 15.8. The van der Waals surface area contributed by atoms with Crippen molar-refractivity contribution in [1.82, 2.24) is 0 Å². The lowest BCUT2D eigenvalue weighted by Gasteiger charge is -2.05. The normalized spacial score (nSPS) is 10.8. The molecule has 0 aliphatic carbocycles. The van der Waals surface area contributed by atoms with Gasteiger partial charge in [0.1, 0.15) is 0 Å². The summed E-state index contributed by atoms with van der Waals surface area (Å²) >= 11 is 0. The van der Waals surface area contributed by atoms with Crippen LogP contribution in [0, 0.1) is 0 Å². The highest BCUT2D eigenvalue weighted by Gasteiger charge is 1.93.